The summed E-state index contributed by atoms with van der Waals surface area (Å²) < 4.78 is 5.93. The molecule has 3 N–H and O–H groups in total. The van der Waals surface area contributed by atoms with Crippen molar-refractivity contribution in [3.8, 4) is 11.3 Å². The van der Waals surface area contributed by atoms with Gasteiger partial charge in [0.05, 0.1) is 0 Å². The SMILES string of the molecule is O=C1NC2=CC=C(Cl)CC2/C1=C\c1ccc(-c2cccc(C(=O)NCCCO)c2)o1. The molecule has 1 atom stereocenters. The number of hydrogen-bond acceptors (Lipinski definition) is 4. The van der Waals surface area contributed by atoms with Gasteiger partial charge in [-0.25, -0.2) is 0 Å². The molecule has 0 bridgehead atoms. The summed E-state index contributed by atoms with van der Waals surface area (Å²) >= 11 is 6.15. The Balaban J connectivity index is 1.54. The molecule has 0 radical (unpaired) electrons. The number of halogens is 1. The highest BCUT2D eigenvalue weighted by Crippen LogP contribution is 2.37. The van der Waals surface area contributed by atoms with Crippen LogP contribution in [0.2, 0.25) is 0 Å². The maximum absolute atomic E-state index is 12.4. The van der Waals surface area contributed by atoms with Crippen LogP contribution in [-0.2, 0) is 4.79 Å². The molecule has 0 spiro atoms. The molecular weight excluding hydrogens is 404 g/mol. The highest BCUT2D eigenvalue weighted by atomic mass is 35.5. The number of aliphatic hydroxyl groups is 1. The van der Waals surface area contributed by atoms with Gasteiger partial charge >= 0.3 is 0 Å². The van der Waals surface area contributed by atoms with E-state index in [0.717, 1.165) is 11.3 Å². The highest BCUT2D eigenvalue weighted by Gasteiger charge is 2.34. The Bertz CT molecular complexity index is 1080. The summed E-state index contributed by atoms with van der Waals surface area (Å²) in [7, 11) is 0. The molecule has 2 heterocycles. The first-order valence-corrected chi connectivity index (χ1v) is 10.1. The van der Waals surface area contributed by atoms with Crippen molar-refractivity contribution in [1.29, 1.82) is 0 Å². The lowest BCUT2D eigenvalue weighted by Gasteiger charge is -2.14. The van der Waals surface area contributed by atoms with Crippen LogP contribution in [0, 0.1) is 5.92 Å². The van der Waals surface area contributed by atoms with E-state index in [9.17, 15) is 9.59 Å². The number of nitrogens with one attached hydrogen (secondary N) is 2. The Hall–Kier alpha value is -3.09. The van der Waals surface area contributed by atoms with Gasteiger partial charge in [-0.1, -0.05) is 23.7 Å². The van der Waals surface area contributed by atoms with E-state index in [2.05, 4.69) is 10.6 Å². The van der Waals surface area contributed by atoms with Gasteiger partial charge in [0.1, 0.15) is 11.5 Å². The zero-order valence-corrected chi connectivity index (χ0v) is 16.9. The topological polar surface area (TPSA) is 91.6 Å². The summed E-state index contributed by atoms with van der Waals surface area (Å²) in [5.41, 5.74) is 2.73. The Labute approximate surface area is 178 Å². The number of amides is 2. The molecule has 1 aromatic heterocycles. The normalized spacial score (nSPS) is 19.2. The minimum absolute atomic E-state index is 0.0314. The molecule has 2 aliphatic rings. The van der Waals surface area contributed by atoms with Gasteiger partial charge in [0.2, 0.25) is 0 Å². The van der Waals surface area contributed by atoms with Crippen LogP contribution in [0.1, 0.15) is 29.0 Å². The summed E-state index contributed by atoms with van der Waals surface area (Å²) in [5, 5.41) is 15.2. The van der Waals surface area contributed by atoms with Crippen LogP contribution in [0.5, 0.6) is 0 Å². The van der Waals surface area contributed by atoms with Crippen molar-refractivity contribution in [2.75, 3.05) is 13.2 Å². The average Bonchev–Trinajstić information content (AvgIpc) is 3.33. The molecule has 2 amide bonds. The second kappa shape index (κ2) is 8.73. The van der Waals surface area contributed by atoms with E-state index < -0.39 is 0 Å². The van der Waals surface area contributed by atoms with Gasteiger partial charge < -0.3 is 20.2 Å². The maximum Gasteiger partial charge on any atom is 0.252 e. The molecule has 1 aliphatic heterocycles. The molecule has 4 rings (SSSR count). The molecule has 1 aliphatic carbocycles. The third kappa shape index (κ3) is 4.25. The number of fused-ring (bicyclic) bond motifs is 1. The van der Waals surface area contributed by atoms with Crippen molar-refractivity contribution in [2.24, 2.45) is 5.92 Å². The van der Waals surface area contributed by atoms with Crippen LogP contribution in [0.3, 0.4) is 0 Å². The number of aliphatic hydroxyl groups excluding tert-OH is 1. The van der Waals surface area contributed by atoms with Crippen LogP contribution in [0.25, 0.3) is 17.4 Å². The lowest BCUT2D eigenvalue weighted by atomic mass is 9.92. The van der Waals surface area contributed by atoms with E-state index in [1.54, 1.807) is 36.4 Å². The zero-order valence-electron chi connectivity index (χ0n) is 16.2. The summed E-state index contributed by atoms with van der Waals surface area (Å²) in [5.74, 6) is 0.714. The van der Waals surface area contributed by atoms with Crippen LogP contribution in [0.15, 0.2) is 69.3 Å². The Morgan fingerprint density at radius 2 is 2.17 bits per heavy atom. The van der Waals surface area contributed by atoms with Gasteiger partial charge in [-0.05, 0) is 55.3 Å². The van der Waals surface area contributed by atoms with Crippen molar-refractivity contribution >= 4 is 29.5 Å². The quantitative estimate of drug-likeness (QED) is 0.488. The van der Waals surface area contributed by atoms with Crippen molar-refractivity contribution in [1.82, 2.24) is 10.6 Å². The lowest BCUT2D eigenvalue weighted by molar-refractivity contribution is -0.115. The lowest BCUT2D eigenvalue weighted by Crippen LogP contribution is -2.24. The molecule has 30 heavy (non-hydrogen) atoms. The monoisotopic (exact) mass is 424 g/mol. The first-order chi connectivity index (χ1) is 14.5. The fourth-order valence-corrected chi connectivity index (χ4v) is 3.76. The fraction of sp³-hybridized carbons (Fsp3) is 0.217. The van der Waals surface area contributed by atoms with Gasteiger partial charge in [-0.3, -0.25) is 9.59 Å². The van der Waals surface area contributed by atoms with Gasteiger partial charge in [0.15, 0.2) is 0 Å². The highest BCUT2D eigenvalue weighted by molar-refractivity contribution is 6.30. The van der Waals surface area contributed by atoms with E-state index in [0.29, 0.717) is 47.1 Å². The van der Waals surface area contributed by atoms with E-state index in [1.165, 1.54) is 0 Å². The molecule has 6 nitrogen and oxygen atoms in total. The smallest absolute Gasteiger partial charge is 0.252 e. The molecule has 1 fully saturated rings. The number of carbonyl (C=O) groups is 2. The first-order valence-electron chi connectivity index (χ1n) is 9.73. The number of furan rings is 1. The Morgan fingerprint density at radius 3 is 3.00 bits per heavy atom. The number of carbonyl (C=O) groups excluding carboxylic acids is 2. The maximum atomic E-state index is 12.4. The largest absolute Gasteiger partial charge is 0.457 e. The molecule has 1 saturated heterocycles. The molecule has 154 valence electrons. The van der Waals surface area contributed by atoms with E-state index in [1.807, 2.05) is 18.2 Å². The summed E-state index contributed by atoms with van der Waals surface area (Å²) in [6, 6.07) is 10.7. The van der Waals surface area contributed by atoms with Crippen LogP contribution >= 0.6 is 11.6 Å². The summed E-state index contributed by atoms with van der Waals surface area (Å²) in [6.45, 7) is 0.445. The van der Waals surface area contributed by atoms with Gasteiger partial charge in [-0.2, -0.15) is 0 Å². The summed E-state index contributed by atoms with van der Waals surface area (Å²) in [4.78, 5) is 24.6. The Morgan fingerprint density at radius 1 is 1.30 bits per heavy atom. The van der Waals surface area contributed by atoms with Gasteiger partial charge in [-0.15, -0.1) is 0 Å². The zero-order chi connectivity index (χ0) is 21.1. The van der Waals surface area contributed by atoms with Crippen LogP contribution in [0.4, 0.5) is 0 Å². The summed E-state index contributed by atoms with van der Waals surface area (Å²) in [6.07, 6.45) is 6.47. The van der Waals surface area contributed by atoms with Crippen LogP contribution in [-0.4, -0.2) is 30.1 Å². The van der Waals surface area contributed by atoms with Crippen molar-refractivity contribution in [2.45, 2.75) is 12.8 Å². The predicted octanol–water partition coefficient (Wildman–Crippen LogP) is 3.60. The van der Waals surface area contributed by atoms with Crippen molar-refractivity contribution in [3.05, 3.63) is 76.2 Å². The van der Waals surface area contributed by atoms with Gasteiger partial charge in [0.25, 0.3) is 11.8 Å². The van der Waals surface area contributed by atoms with Gasteiger partial charge in [0, 0.05) is 46.5 Å². The molecule has 1 aromatic carbocycles. The number of benzene rings is 1. The second-order valence-corrected chi connectivity index (χ2v) is 7.65. The number of allylic oxidation sites excluding steroid dienone is 4. The Kier molecular flexibility index (Phi) is 5.88. The molecule has 2 aromatic rings. The van der Waals surface area contributed by atoms with Crippen molar-refractivity contribution in [3.63, 3.8) is 0 Å². The molecule has 7 heteroatoms. The third-order valence-electron chi connectivity index (χ3n) is 5.07. The fourth-order valence-electron chi connectivity index (χ4n) is 3.54. The minimum atomic E-state index is -0.205. The van der Waals surface area contributed by atoms with E-state index in [-0.39, 0.29) is 24.3 Å². The minimum Gasteiger partial charge on any atom is -0.457 e. The number of hydrogen-bond donors (Lipinski definition) is 3. The predicted molar refractivity (Wildman–Crippen MR) is 114 cm³/mol. The van der Waals surface area contributed by atoms with Crippen molar-refractivity contribution < 1.29 is 19.1 Å². The first kappa shape index (κ1) is 20.2. The molecule has 0 saturated carbocycles. The van der Waals surface area contributed by atoms with Crippen LogP contribution < -0.4 is 10.6 Å². The third-order valence-corrected chi connectivity index (χ3v) is 5.35. The molecular formula is C23H21ClN2O4. The standard InChI is InChI=1S/C23H21ClN2O4/c24-16-5-7-20-18(12-16)19(23(29)26-20)13-17-6-8-21(30-17)14-3-1-4-15(11-14)22(28)25-9-2-10-27/h1,3-8,11,13,18,27H,2,9-10,12H2,(H,25,28)(H,26,29)/b19-13+. The average molecular weight is 425 g/mol. The van der Waals surface area contributed by atoms with E-state index in [4.69, 9.17) is 21.1 Å². The number of rotatable bonds is 6. The molecule has 1 unspecified atom stereocenters. The van der Waals surface area contributed by atoms with E-state index >= 15 is 0 Å². The second-order valence-electron chi connectivity index (χ2n) is 7.16.